The minimum Gasteiger partial charge on any atom is -0.596 e. The van der Waals surface area contributed by atoms with E-state index < -0.39 is 0 Å². The second kappa shape index (κ2) is 2.92. The van der Waals surface area contributed by atoms with Crippen LogP contribution in [0, 0.1) is 16.5 Å². The van der Waals surface area contributed by atoms with Gasteiger partial charge in [-0.25, -0.2) is 0 Å². The number of aromatic nitrogens is 2. The summed E-state index contributed by atoms with van der Waals surface area (Å²) >= 11 is 0. The van der Waals surface area contributed by atoms with Crippen molar-refractivity contribution in [3.05, 3.63) is 29.1 Å². The highest BCUT2D eigenvalue weighted by atomic mass is 16.5. The predicted molar refractivity (Wildman–Crippen MR) is 48.5 cm³/mol. The molecule has 0 aliphatic rings. The van der Waals surface area contributed by atoms with Gasteiger partial charge in [-0.3, -0.25) is 0 Å². The largest absolute Gasteiger partial charge is 0.596 e. The number of hydrogen-bond acceptors (Lipinski definition) is 3. The Morgan fingerprint density at radius 3 is 3.00 bits per heavy atom. The highest BCUT2D eigenvalue weighted by molar-refractivity contribution is 5.82. The SMILES string of the molecule is COc1ccc2c(c1)c(C#N)[nH][n+]2[O-]. The molecular weight excluding hydrogens is 182 g/mol. The monoisotopic (exact) mass is 189 g/mol. The Balaban J connectivity index is 2.79. The number of nitrogens with zero attached hydrogens (tertiary/aromatic N) is 2. The molecule has 2 aromatic rings. The van der Waals surface area contributed by atoms with Gasteiger partial charge in [0.25, 0.3) is 5.52 Å². The van der Waals surface area contributed by atoms with Crippen molar-refractivity contribution in [2.45, 2.75) is 0 Å². The van der Waals surface area contributed by atoms with Gasteiger partial charge in [-0.1, -0.05) is 4.85 Å². The van der Waals surface area contributed by atoms with Crippen LogP contribution < -0.4 is 9.58 Å². The minimum atomic E-state index is 0.244. The third-order valence-corrected chi connectivity index (χ3v) is 2.02. The third-order valence-electron chi connectivity index (χ3n) is 2.02. The van der Waals surface area contributed by atoms with E-state index in [0.717, 1.165) is 0 Å². The summed E-state index contributed by atoms with van der Waals surface area (Å²) in [5.41, 5.74) is 0.677. The lowest BCUT2D eigenvalue weighted by Crippen LogP contribution is -2.27. The molecule has 0 amide bonds. The summed E-state index contributed by atoms with van der Waals surface area (Å²) in [5.74, 6) is 0.619. The van der Waals surface area contributed by atoms with Crippen molar-refractivity contribution >= 4 is 10.9 Å². The van der Waals surface area contributed by atoms with Crippen molar-refractivity contribution in [3.8, 4) is 11.8 Å². The lowest BCUT2D eigenvalue weighted by molar-refractivity contribution is -0.639. The Labute approximate surface area is 79.7 Å². The Morgan fingerprint density at radius 1 is 1.57 bits per heavy atom. The predicted octanol–water partition coefficient (Wildman–Crippen LogP) is 0.682. The van der Waals surface area contributed by atoms with Crippen LogP contribution in [0.5, 0.6) is 5.75 Å². The van der Waals surface area contributed by atoms with E-state index >= 15 is 0 Å². The molecular formula is C9H7N3O2. The molecule has 1 N–H and O–H groups in total. The van der Waals surface area contributed by atoms with E-state index in [2.05, 4.69) is 5.10 Å². The van der Waals surface area contributed by atoms with Gasteiger partial charge in [-0.2, -0.15) is 5.26 Å². The first-order valence-electron chi connectivity index (χ1n) is 3.95. The maximum Gasteiger partial charge on any atom is 0.252 e. The normalized spacial score (nSPS) is 10.0. The standard InChI is InChI=1S/C9H7N3O2/c1-14-6-2-3-9-7(4-6)8(5-10)11-12(9)13/h2-4,11H,1H3. The maximum absolute atomic E-state index is 11.2. The summed E-state index contributed by atoms with van der Waals surface area (Å²) < 4.78 is 5.00. The van der Waals surface area contributed by atoms with Gasteiger partial charge >= 0.3 is 0 Å². The van der Waals surface area contributed by atoms with Crippen LogP contribution in [0.4, 0.5) is 0 Å². The zero-order valence-electron chi connectivity index (χ0n) is 7.44. The molecule has 0 unspecified atom stereocenters. The number of methoxy groups -OCH3 is 1. The van der Waals surface area contributed by atoms with Gasteiger partial charge in [0, 0.05) is 6.07 Å². The minimum absolute atomic E-state index is 0.244. The van der Waals surface area contributed by atoms with E-state index in [9.17, 15) is 5.21 Å². The van der Waals surface area contributed by atoms with Crippen LogP contribution in [-0.4, -0.2) is 12.2 Å². The number of rotatable bonds is 1. The van der Waals surface area contributed by atoms with Crippen LogP contribution >= 0.6 is 0 Å². The quantitative estimate of drug-likeness (QED) is 0.529. The number of nitrogens with one attached hydrogen (secondary N) is 1. The number of aromatic amines is 1. The highest BCUT2D eigenvalue weighted by Gasteiger charge is 2.13. The Hall–Kier alpha value is -2.22. The van der Waals surface area contributed by atoms with E-state index in [1.54, 1.807) is 18.2 Å². The number of hydrogen-bond donors (Lipinski definition) is 1. The molecule has 14 heavy (non-hydrogen) atoms. The summed E-state index contributed by atoms with van der Waals surface area (Å²) in [4.78, 5) is 0.563. The van der Waals surface area contributed by atoms with Crippen molar-refractivity contribution in [1.82, 2.24) is 5.10 Å². The Kier molecular flexibility index (Phi) is 1.75. The van der Waals surface area contributed by atoms with Crippen molar-refractivity contribution in [1.29, 1.82) is 5.26 Å². The fourth-order valence-electron chi connectivity index (χ4n) is 1.33. The molecule has 0 saturated carbocycles. The molecule has 1 aromatic heterocycles. The van der Waals surface area contributed by atoms with Gasteiger partial charge in [0.05, 0.1) is 12.5 Å². The molecule has 0 fully saturated rings. The molecule has 1 heterocycles. The lowest BCUT2D eigenvalue weighted by atomic mass is 10.2. The van der Waals surface area contributed by atoms with Gasteiger partial charge in [0.2, 0.25) is 0 Å². The summed E-state index contributed by atoms with van der Waals surface area (Å²) in [5, 5.41) is 22.9. The van der Waals surface area contributed by atoms with E-state index in [-0.39, 0.29) is 5.69 Å². The van der Waals surface area contributed by atoms with Crippen LogP contribution in [0.25, 0.3) is 10.9 Å². The molecule has 0 saturated heterocycles. The average Bonchev–Trinajstić information content (AvgIpc) is 2.55. The fourth-order valence-corrected chi connectivity index (χ4v) is 1.33. The first kappa shape index (κ1) is 8.38. The van der Waals surface area contributed by atoms with Crippen LogP contribution in [0.3, 0.4) is 0 Å². The molecule has 0 spiro atoms. The molecule has 70 valence electrons. The van der Waals surface area contributed by atoms with Gasteiger partial charge < -0.3 is 9.94 Å². The number of H-pyrrole nitrogens is 1. The maximum atomic E-state index is 11.2. The zero-order valence-corrected chi connectivity index (χ0v) is 7.44. The Bertz CT molecular complexity index is 525. The summed E-state index contributed by atoms with van der Waals surface area (Å²) in [6, 6.07) is 6.84. The summed E-state index contributed by atoms with van der Waals surface area (Å²) in [6.07, 6.45) is 0. The molecule has 0 radical (unpaired) electrons. The van der Waals surface area contributed by atoms with E-state index in [4.69, 9.17) is 10.00 Å². The smallest absolute Gasteiger partial charge is 0.252 e. The van der Waals surface area contributed by atoms with Crippen molar-refractivity contribution < 1.29 is 9.58 Å². The van der Waals surface area contributed by atoms with Crippen molar-refractivity contribution in [2.75, 3.05) is 7.11 Å². The van der Waals surface area contributed by atoms with Gasteiger partial charge in [-0.15, -0.1) is 5.10 Å². The van der Waals surface area contributed by atoms with E-state index in [1.807, 2.05) is 6.07 Å². The van der Waals surface area contributed by atoms with Gasteiger partial charge in [0.1, 0.15) is 11.8 Å². The molecule has 1 aromatic carbocycles. The van der Waals surface area contributed by atoms with Crippen LogP contribution in [0.15, 0.2) is 18.2 Å². The topological polar surface area (TPSA) is 75.8 Å². The molecule has 5 nitrogen and oxygen atoms in total. The molecule has 0 aliphatic carbocycles. The first-order chi connectivity index (χ1) is 6.76. The second-order valence-electron chi connectivity index (χ2n) is 2.78. The van der Waals surface area contributed by atoms with Crippen molar-refractivity contribution in [2.24, 2.45) is 0 Å². The van der Waals surface area contributed by atoms with Crippen molar-refractivity contribution in [3.63, 3.8) is 0 Å². The third kappa shape index (κ3) is 1.05. The van der Waals surface area contributed by atoms with Crippen LogP contribution in [-0.2, 0) is 0 Å². The zero-order chi connectivity index (χ0) is 10.1. The average molecular weight is 189 g/mol. The molecule has 2 rings (SSSR count). The van der Waals surface area contributed by atoms with Gasteiger partial charge in [0.15, 0.2) is 5.69 Å². The number of nitriles is 1. The number of fused-ring (bicyclic) bond motifs is 1. The molecule has 0 bridgehead atoms. The lowest BCUT2D eigenvalue weighted by Gasteiger charge is -1.96. The van der Waals surface area contributed by atoms with Crippen LogP contribution in [0.2, 0.25) is 0 Å². The second-order valence-corrected chi connectivity index (χ2v) is 2.78. The van der Waals surface area contributed by atoms with Crippen LogP contribution in [0.1, 0.15) is 5.69 Å². The number of benzene rings is 1. The fraction of sp³-hybridized carbons (Fsp3) is 0.111. The summed E-state index contributed by atoms with van der Waals surface area (Å²) in [6.45, 7) is 0. The molecule has 5 heteroatoms. The van der Waals surface area contributed by atoms with E-state index in [1.165, 1.54) is 7.11 Å². The first-order valence-corrected chi connectivity index (χ1v) is 3.95. The Morgan fingerprint density at radius 2 is 2.36 bits per heavy atom. The highest BCUT2D eigenvalue weighted by Crippen LogP contribution is 2.20. The summed E-state index contributed by atoms with van der Waals surface area (Å²) in [7, 11) is 1.53. The van der Waals surface area contributed by atoms with Gasteiger partial charge in [-0.05, 0) is 12.1 Å². The molecule has 0 aliphatic heterocycles. The number of ether oxygens (including phenoxy) is 1. The molecule has 0 atom stereocenters. The van der Waals surface area contributed by atoms with E-state index in [0.29, 0.717) is 21.5 Å².